The van der Waals surface area contributed by atoms with Crippen molar-refractivity contribution in [2.75, 3.05) is 7.11 Å². The molecule has 0 bridgehead atoms. The van der Waals surface area contributed by atoms with Crippen LogP contribution in [0.4, 0.5) is 5.69 Å². The number of aliphatic imine (C=N–C) groups is 1. The number of carbonyl (C=O) groups excluding carboxylic acids is 1. The highest BCUT2D eigenvalue weighted by Crippen LogP contribution is 2.31. The van der Waals surface area contributed by atoms with Crippen molar-refractivity contribution in [2.45, 2.75) is 13.8 Å². The lowest BCUT2D eigenvalue weighted by Gasteiger charge is -2.04. The van der Waals surface area contributed by atoms with E-state index in [2.05, 4.69) is 26.2 Å². The van der Waals surface area contributed by atoms with Gasteiger partial charge in [-0.3, -0.25) is 4.79 Å². The van der Waals surface area contributed by atoms with Crippen LogP contribution in [0.3, 0.4) is 0 Å². The largest absolute Gasteiger partial charge is 0.497 e. The molecule has 1 N–H and O–H groups in total. The molecule has 128 valence electrons. The lowest BCUT2D eigenvalue weighted by atomic mass is 10.1. The maximum atomic E-state index is 12.2. The number of thioether (sulfide) groups is 1. The third kappa shape index (κ3) is 4.14. The first-order valence-corrected chi connectivity index (χ1v) is 9.27. The van der Waals surface area contributed by atoms with E-state index < -0.39 is 0 Å². The number of amidine groups is 1. The highest BCUT2D eigenvalue weighted by molar-refractivity contribution is 9.10. The Hall–Kier alpha value is -2.05. The summed E-state index contributed by atoms with van der Waals surface area (Å²) in [7, 11) is 1.62. The standard InChI is InChI=1S/C19H17BrN2O2S/c1-11-7-14(8-12(2)17(11)20)21-19-22-18(23)16(25-19)10-13-5-4-6-15(9-13)24-3/h4-10H,1-3H3,(H,21,22,23)/b16-10-. The summed E-state index contributed by atoms with van der Waals surface area (Å²) in [5.74, 6) is 0.615. The summed E-state index contributed by atoms with van der Waals surface area (Å²) in [5, 5.41) is 3.40. The van der Waals surface area contributed by atoms with Crippen molar-refractivity contribution in [1.82, 2.24) is 5.32 Å². The maximum Gasteiger partial charge on any atom is 0.264 e. The molecular formula is C19H17BrN2O2S. The molecule has 0 radical (unpaired) electrons. The Labute approximate surface area is 159 Å². The van der Waals surface area contributed by atoms with E-state index in [0.29, 0.717) is 10.1 Å². The number of ether oxygens (including phenoxy) is 1. The van der Waals surface area contributed by atoms with E-state index in [1.54, 1.807) is 7.11 Å². The van der Waals surface area contributed by atoms with Gasteiger partial charge in [0.1, 0.15) is 5.75 Å². The molecule has 1 aliphatic heterocycles. The van der Waals surface area contributed by atoms with Crippen LogP contribution >= 0.6 is 27.7 Å². The number of benzene rings is 2. The van der Waals surface area contributed by atoms with Gasteiger partial charge in [-0.25, -0.2) is 4.99 Å². The van der Waals surface area contributed by atoms with Crippen molar-refractivity contribution >= 4 is 50.5 Å². The minimum atomic E-state index is -0.142. The first-order chi connectivity index (χ1) is 12.0. The second-order valence-electron chi connectivity index (χ2n) is 5.65. The van der Waals surface area contributed by atoms with Crippen molar-refractivity contribution in [1.29, 1.82) is 0 Å². The second-order valence-corrected chi connectivity index (χ2v) is 7.48. The van der Waals surface area contributed by atoms with E-state index >= 15 is 0 Å². The Morgan fingerprint density at radius 1 is 1.20 bits per heavy atom. The fourth-order valence-electron chi connectivity index (χ4n) is 2.47. The average Bonchev–Trinajstić information content (AvgIpc) is 2.92. The number of carbonyl (C=O) groups is 1. The quantitative estimate of drug-likeness (QED) is 0.718. The van der Waals surface area contributed by atoms with Crippen molar-refractivity contribution < 1.29 is 9.53 Å². The minimum absolute atomic E-state index is 0.142. The number of rotatable bonds is 3. The molecule has 0 aliphatic carbocycles. The Morgan fingerprint density at radius 3 is 2.60 bits per heavy atom. The van der Waals surface area contributed by atoms with Crippen molar-refractivity contribution in [3.63, 3.8) is 0 Å². The van der Waals surface area contributed by atoms with Crippen LogP contribution in [0.1, 0.15) is 16.7 Å². The molecule has 0 unspecified atom stereocenters. The van der Waals surface area contributed by atoms with Gasteiger partial charge in [0.15, 0.2) is 5.17 Å². The predicted octanol–water partition coefficient (Wildman–Crippen LogP) is 4.97. The molecule has 0 saturated carbocycles. The van der Waals surface area contributed by atoms with Crippen LogP contribution in [0.2, 0.25) is 0 Å². The zero-order chi connectivity index (χ0) is 18.0. The van der Waals surface area contributed by atoms with Crippen LogP contribution in [0, 0.1) is 13.8 Å². The molecule has 2 aromatic carbocycles. The van der Waals surface area contributed by atoms with Crippen LogP contribution in [-0.2, 0) is 4.79 Å². The van der Waals surface area contributed by atoms with E-state index in [9.17, 15) is 4.79 Å². The highest BCUT2D eigenvalue weighted by Gasteiger charge is 2.23. The van der Waals surface area contributed by atoms with Gasteiger partial charge in [0.25, 0.3) is 5.91 Å². The summed E-state index contributed by atoms with van der Waals surface area (Å²) in [4.78, 5) is 17.4. The van der Waals surface area contributed by atoms with E-state index in [-0.39, 0.29) is 5.91 Å². The van der Waals surface area contributed by atoms with E-state index in [4.69, 9.17) is 4.74 Å². The molecule has 0 aromatic heterocycles. The van der Waals surface area contributed by atoms with Gasteiger partial charge < -0.3 is 10.1 Å². The second kappa shape index (κ2) is 7.45. The van der Waals surface area contributed by atoms with Crippen molar-refractivity contribution in [3.8, 4) is 5.75 Å². The summed E-state index contributed by atoms with van der Waals surface area (Å²) >= 11 is 4.89. The summed E-state index contributed by atoms with van der Waals surface area (Å²) in [5.41, 5.74) is 3.96. The summed E-state index contributed by atoms with van der Waals surface area (Å²) < 4.78 is 6.30. The normalized spacial score (nSPS) is 17.2. The van der Waals surface area contributed by atoms with Crippen molar-refractivity contribution in [3.05, 3.63) is 62.5 Å². The SMILES string of the molecule is COc1cccc(/C=C2\SC(=Nc3cc(C)c(Br)c(C)c3)NC2=O)c1. The lowest BCUT2D eigenvalue weighted by molar-refractivity contribution is -0.115. The fourth-order valence-corrected chi connectivity index (χ4v) is 3.54. The molecule has 4 nitrogen and oxygen atoms in total. The van der Waals surface area contributed by atoms with Crippen LogP contribution < -0.4 is 10.1 Å². The van der Waals surface area contributed by atoms with Gasteiger partial charge in [0, 0.05) is 4.47 Å². The lowest BCUT2D eigenvalue weighted by Crippen LogP contribution is -2.19. The first-order valence-electron chi connectivity index (χ1n) is 7.66. The number of nitrogens with one attached hydrogen (secondary N) is 1. The molecule has 6 heteroatoms. The molecular weight excluding hydrogens is 400 g/mol. The zero-order valence-corrected chi connectivity index (χ0v) is 16.5. The molecule has 25 heavy (non-hydrogen) atoms. The molecule has 1 aliphatic rings. The summed E-state index contributed by atoms with van der Waals surface area (Å²) in [6, 6.07) is 11.6. The molecule has 0 spiro atoms. The Morgan fingerprint density at radius 2 is 1.92 bits per heavy atom. The van der Waals surface area contributed by atoms with Crippen LogP contribution in [0.5, 0.6) is 5.75 Å². The number of halogens is 1. The number of aryl methyl sites for hydroxylation is 2. The van der Waals surface area contributed by atoms with Gasteiger partial charge >= 0.3 is 0 Å². The summed E-state index contributed by atoms with van der Waals surface area (Å²) in [6.07, 6.45) is 1.84. The van der Waals surface area contributed by atoms with E-state index in [0.717, 1.165) is 32.6 Å². The minimum Gasteiger partial charge on any atom is -0.497 e. The molecule has 0 atom stereocenters. The first kappa shape index (κ1) is 17.8. The topological polar surface area (TPSA) is 50.7 Å². The Balaban J connectivity index is 1.86. The Bertz CT molecular complexity index is 883. The smallest absolute Gasteiger partial charge is 0.264 e. The third-order valence-corrected chi connectivity index (χ3v) is 5.85. The molecule has 1 saturated heterocycles. The van der Waals surface area contributed by atoms with E-state index in [1.807, 2.05) is 56.3 Å². The molecule has 1 heterocycles. The van der Waals surface area contributed by atoms with Gasteiger partial charge in [0.2, 0.25) is 0 Å². The van der Waals surface area contributed by atoms with Gasteiger partial charge in [0.05, 0.1) is 17.7 Å². The van der Waals surface area contributed by atoms with Gasteiger partial charge in [-0.15, -0.1) is 0 Å². The number of methoxy groups -OCH3 is 1. The van der Waals surface area contributed by atoms with Crippen LogP contribution in [0.25, 0.3) is 6.08 Å². The number of hydrogen-bond donors (Lipinski definition) is 1. The summed E-state index contributed by atoms with van der Waals surface area (Å²) in [6.45, 7) is 4.05. The van der Waals surface area contributed by atoms with Crippen LogP contribution in [-0.4, -0.2) is 18.2 Å². The number of hydrogen-bond acceptors (Lipinski definition) is 4. The third-order valence-electron chi connectivity index (χ3n) is 3.69. The van der Waals surface area contributed by atoms with Crippen molar-refractivity contribution in [2.24, 2.45) is 4.99 Å². The van der Waals surface area contributed by atoms with E-state index in [1.165, 1.54) is 11.8 Å². The predicted molar refractivity (Wildman–Crippen MR) is 107 cm³/mol. The molecule has 1 amide bonds. The molecule has 3 rings (SSSR count). The zero-order valence-electron chi connectivity index (χ0n) is 14.1. The fraction of sp³-hybridized carbons (Fsp3) is 0.158. The number of nitrogens with zero attached hydrogens (tertiary/aromatic N) is 1. The average molecular weight is 417 g/mol. The van der Waals surface area contributed by atoms with Gasteiger partial charge in [-0.05, 0) is 72.6 Å². The molecule has 2 aromatic rings. The maximum absolute atomic E-state index is 12.2. The Kier molecular flexibility index (Phi) is 5.30. The van der Waals surface area contributed by atoms with Crippen LogP contribution in [0.15, 0.2) is 50.8 Å². The monoisotopic (exact) mass is 416 g/mol. The highest BCUT2D eigenvalue weighted by atomic mass is 79.9. The van der Waals surface area contributed by atoms with Gasteiger partial charge in [-0.1, -0.05) is 28.1 Å². The van der Waals surface area contributed by atoms with Gasteiger partial charge in [-0.2, -0.15) is 0 Å². The number of amides is 1. The molecule has 1 fully saturated rings.